The molecule has 1 N–H and O–H groups in total. The highest BCUT2D eigenvalue weighted by molar-refractivity contribution is 5.92. The summed E-state index contributed by atoms with van der Waals surface area (Å²) in [6.45, 7) is 4.77. The summed E-state index contributed by atoms with van der Waals surface area (Å²) in [6, 6.07) is 19.4. The van der Waals surface area contributed by atoms with Crippen LogP contribution in [0.15, 0.2) is 60.7 Å². The second kappa shape index (κ2) is 7.66. The van der Waals surface area contributed by atoms with Gasteiger partial charge in [-0.25, -0.2) is 4.68 Å². The summed E-state index contributed by atoms with van der Waals surface area (Å²) in [6.07, 6.45) is 0. The van der Waals surface area contributed by atoms with Crippen molar-refractivity contribution < 1.29 is 9.53 Å². The number of carbonyl (C=O) groups is 1. The van der Waals surface area contributed by atoms with Crippen molar-refractivity contribution >= 4 is 5.91 Å². The van der Waals surface area contributed by atoms with Gasteiger partial charge in [-0.15, -0.1) is 0 Å². The minimum Gasteiger partial charge on any atom is -0.492 e. The Morgan fingerprint density at radius 2 is 1.88 bits per heavy atom. The van der Waals surface area contributed by atoms with E-state index in [2.05, 4.69) is 10.4 Å². The molecular formula is C20H21N3O2. The number of hydrogen-bond acceptors (Lipinski definition) is 3. The van der Waals surface area contributed by atoms with E-state index in [0.29, 0.717) is 18.8 Å². The number of amides is 1. The number of carbonyl (C=O) groups excluding carboxylic acids is 1. The van der Waals surface area contributed by atoms with Crippen LogP contribution in [0.1, 0.15) is 21.7 Å². The average Bonchev–Trinajstić information content (AvgIpc) is 3.01. The standard InChI is InChI=1S/C20H21N3O2/c1-15-7-6-10-18(13-15)25-12-11-21-20(24)19-14-16(2)23(22-19)17-8-4-3-5-9-17/h3-10,13-14H,11-12H2,1-2H3,(H,21,24). The smallest absolute Gasteiger partial charge is 0.271 e. The molecule has 25 heavy (non-hydrogen) atoms. The van der Waals surface area contributed by atoms with Crippen LogP contribution in [0.4, 0.5) is 0 Å². The molecule has 1 aromatic heterocycles. The van der Waals surface area contributed by atoms with E-state index in [0.717, 1.165) is 22.7 Å². The van der Waals surface area contributed by atoms with Crippen LogP contribution < -0.4 is 10.1 Å². The zero-order valence-corrected chi connectivity index (χ0v) is 14.4. The number of ether oxygens (including phenoxy) is 1. The third-order valence-electron chi connectivity index (χ3n) is 3.77. The minimum absolute atomic E-state index is 0.203. The van der Waals surface area contributed by atoms with Gasteiger partial charge in [0.25, 0.3) is 5.91 Å². The van der Waals surface area contributed by atoms with Crippen molar-refractivity contribution in [2.75, 3.05) is 13.2 Å². The average molecular weight is 335 g/mol. The molecule has 0 atom stereocenters. The SMILES string of the molecule is Cc1cccc(OCCNC(=O)c2cc(C)n(-c3ccccc3)n2)c1. The Hall–Kier alpha value is -3.08. The Bertz CT molecular complexity index is 856. The van der Waals surface area contributed by atoms with Gasteiger partial charge in [0.2, 0.25) is 0 Å². The van der Waals surface area contributed by atoms with E-state index in [-0.39, 0.29) is 5.91 Å². The van der Waals surface area contributed by atoms with Gasteiger partial charge in [0.05, 0.1) is 12.2 Å². The minimum atomic E-state index is -0.203. The second-order valence-corrected chi connectivity index (χ2v) is 5.84. The molecule has 1 amide bonds. The summed E-state index contributed by atoms with van der Waals surface area (Å²) in [7, 11) is 0. The number of nitrogens with zero attached hydrogens (tertiary/aromatic N) is 2. The van der Waals surface area contributed by atoms with Gasteiger partial charge in [0.1, 0.15) is 12.4 Å². The van der Waals surface area contributed by atoms with Crippen LogP contribution in [0.25, 0.3) is 5.69 Å². The molecule has 0 saturated carbocycles. The van der Waals surface area contributed by atoms with Gasteiger partial charge in [-0.2, -0.15) is 5.10 Å². The first-order valence-corrected chi connectivity index (χ1v) is 8.23. The summed E-state index contributed by atoms with van der Waals surface area (Å²) >= 11 is 0. The van der Waals surface area contributed by atoms with Crippen LogP contribution >= 0.6 is 0 Å². The second-order valence-electron chi connectivity index (χ2n) is 5.84. The lowest BCUT2D eigenvalue weighted by molar-refractivity contribution is 0.0941. The molecule has 0 spiro atoms. The molecule has 1 heterocycles. The molecule has 0 unspecified atom stereocenters. The van der Waals surface area contributed by atoms with Crippen LogP contribution in [0.5, 0.6) is 5.75 Å². The van der Waals surface area contributed by atoms with E-state index in [1.165, 1.54) is 0 Å². The fraction of sp³-hybridized carbons (Fsp3) is 0.200. The number of aromatic nitrogens is 2. The number of aryl methyl sites for hydroxylation is 2. The lowest BCUT2D eigenvalue weighted by Gasteiger charge is -2.07. The molecule has 0 saturated heterocycles. The van der Waals surface area contributed by atoms with Crippen molar-refractivity contribution in [1.82, 2.24) is 15.1 Å². The normalized spacial score (nSPS) is 10.5. The highest BCUT2D eigenvalue weighted by Gasteiger charge is 2.12. The molecule has 2 aromatic carbocycles. The zero-order valence-electron chi connectivity index (χ0n) is 14.4. The Morgan fingerprint density at radius 3 is 2.64 bits per heavy atom. The molecule has 5 nitrogen and oxygen atoms in total. The van der Waals surface area contributed by atoms with Crippen LogP contribution in [-0.2, 0) is 0 Å². The van der Waals surface area contributed by atoms with E-state index in [1.807, 2.05) is 68.4 Å². The predicted molar refractivity (Wildman–Crippen MR) is 97.3 cm³/mol. The van der Waals surface area contributed by atoms with Crippen LogP contribution in [0.3, 0.4) is 0 Å². The molecule has 3 aromatic rings. The predicted octanol–water partition coefficient (Wildman–Crippen LogP) is 3.30. The molecule has 0 aliphatic heterocycles. The van der Waals surface area contributed by atoms with E-state index >= 15 is 0 Å². The third kappa shape index (κ3) is 4.26. The molecule has 0 radical (unpaired) electrons. The molecule has 0 aliphatic carbocycles. The van der Waals surface area contributed by atoms with Gasteiger partial charge in [-0.05, 0) is 49.7 Å². The Balaban J connectivity index is 1.55. The first-order valence-electron chi connectivity index (χ1n) is 8.23. The molecule has 0 fully saturated rings. The first kappa shape index (κ1) is 16.8. The fourth-order valence-electron chi connectivity index (χ4n) is 2.55. The van der Waals surface area contributed by atoms with Gasteiger partial charge in [-0.3, -0.25) is 4.79 Å². The van der Waals surface area contributed by atoms with Gasteiger partial charge >= 0.3 is 0 Å². The van der Waals surface area contributed by atoms with Gasteiger partial charge < -0.3 is 10.1 Å². The Labute approximate surface area is 147 Å². The summed E-state index contributed by atoms with van der Waals surface area (Å²) in [4.78, 5) is 12.3. The summed E-state index contributed by atoms with van der Waals surface area (Å²) in [5, 5.41) is 7.23. The topological polar surface area (TPSA) is 56.1 Å². The number of nitrogens with one attached hydrogen (secondary N) is 1. The van der Waals surface area contributed by atoms with E-state index in [9.17, 15) is 4.79 Å². The van der Waals surface area contributed by atoms with Crippen LogP contribution in [0, 0.1) is 13.8 Å². The van der Waals surface area contributed by atoms with Gasteiger partial charge in [0.15, 0.2) is 5.69 Å². The van der Waals surface area contributed by atoms with Gasteiger partial charge in [0, 0.05) is 5.69 Å². The van der Waals surface area contributed by atoms with E-state index < -0.39 is 0 Å². The summed E-state index contributed by atoms with van der Waals surface area (Å²) < 4.78 is 7.39. The van der Waals surface area contributed by atoms with E-state index in [4.69, 9.17) is 4.74 Å². The molecule has 128 valence electrons. The highest BCUT2D eigenvalue weighted by atomic mass is 16.5. The molecular weight excluding hydrogens is 314 g/mol. The maximum absolute atomic E-state index is 12.3. The lowest BCUT2D eigenvalue weighted by Crippen LogP contribution is -2.28. The maximum Gasteiger partial charge on any atom is 0.271 e. The quantitative estimate of drug-likeness (QED) is 0.703. The largest absolute Gasteiger partial charge is 0.492 e. The molecule has 5 heteroatoms. The van der Waals surface area contributed by atoms with Crippen molar-refractivity contribution in [3.8, 4) is 11.4 Å². The molecule has 0 aliphatic rings. The number of benzene rings is 2. The third-order valence-corrected chi connectivity index (χ3v) is 3.77. The van der Waals surface area contributed by atoms with E-state index in [1.54, 1.807) is 10.7 Å². The first-order chi connectivity index (χ1) is 12.1. The van der Waals surface area contributed by atoms with Gasteiger partial charge in [-0.1, -0.05) is 30.3 Å². The van der Waals surface area contributed by atoms with Crippen molar-refractivity contribution in [1.29, 1.82) is 0 Å². The monoisotopic (exact) mass is 335 g/mol. The van der Waals surface area contributed by atoms with Crippen molar-refractivity contribution in [3.63, 3.8) is 0 Å². The van der Waals surface area contributed by atoms with Crippen LogP contribution in [0.2, 0.25) is 0 Å². The Morgan fingerprint density at radius 1 is 1.08 bits per heavy atom. The fourth-order valence-corrected chi connectivity index (χ4v) is 2.55. The summed E-state index contributed by atoms with van der Waals surface area (Å²) in [5.74, 6) is 0.601. The van der Waals surface area contributed by atoms with Crippen molar-refractivity contribution in [2.45, 2.75) is 13.8 Å². The lowest BCUT2D eigenvalue weighted by atomic mass is 10.2. The maximum atomic E-state index is 12.3. The molecule has 3 rings (SSSR count). The number of rotatable bonds is 6. The summed E-state index contributed by atoms with van der Waals surface area (Å²) in [5.41, 5.74) is 3.38. The van der Waals surface area contributed by atoms with Crippen LogP contribution in [-0.4, -0.2) is 28.8 Å². The molecule has 0 bridgehead atoms. The number of hydrogen-bond donors (Lipinski definition) is 1. The number of para-hydroxylation sites is 1. The van der Waals surface area contributed by atoms with Crippen molar-refractivity contribution in [2.24, 2.45) is 0 Å². The Kier molecular flexibility index (Phi) is 5.14. The van der Waals surface area contributed by atoms with Crippen molar-refractivity contribution in [3.05, 3.63) is 77.6 Å². The highest BCUT2D eigenvalue weighted by Crippen LogP contribution is 2.13. The zero-order chi connectivity index (χ0) is 17.6.